The van der Waals surface area contributed by atoms with E-state index < -0.39 is 6.10 Å². The van der Waals surface area contributed by atoms with Crippen molar-refractivity contribution in [3.63, 3.8) is 0 Å². The summed E-state index contributed by atoms with van der Waals surface area (Å²) in [6.07, 6.45) is 1.07. The topological polar surface area (TPSA) is 67.8 Å². The van der Waals surface area contributed by atoms with Gasteiger partial charge in [0, 0.05) is 43.5 Å². The summed E-state index contributed by atoms with van der Waals surface area (Å²) >= 11 is 9.34. The van der Waals surface area contributed by atoms with Crippen LogP contribution in [0.4, 0.5) is 5.95 Å². The third-order valence-corrected chi connectivity index (χ3v) is 5.10. The fraction of sp³-hybridized carbons (Fsp3) is 0.389. The van der Waals surface area contributed by atoms with E-state index in [1.54, 1.807) is 49.4 Å². The Bertz CT molecular complexity index is 815. The molecule has 9 heteroatoms. The molecule has 0 aliphatic carbocycles. The van der Waals surface area contributed by atoms with Crippen LogP contribution in [0, 0.1) is 0 Å². The number of amides is 1. The van der Waals surface area contributed by atoms with E-state index in [9.17, 15) is 4.79 Å². The second-order valence-corrected chi connectivity index (χ2v) is 7.34. The molecule has 1 aliphatic heterocycles. The molecule has 2 aromatic rings. The number of benzene rings is 1. The standard InChI is InChI=1S/C18H20BrClN4O3/c1-12(27-15-4-3-13(20)11-14(15)19)17(25)23-7-9-24(10-8-23)18-21-6-5-16(22-18)26-2/h3-6,11-12H,7-10H2,1-2H3. The summed E-state index contributed by atoms with van der Waals surface area (Å²) in [4.78, 5) is 25.2. The first kappa shape index (κ1) is 19.7. The smallest absolute Gasteiger partial charge is 0.263 e. The van der Waals surface area contributed by atoms with Gasteiger partial charge in [0.2, 0.25) is 11.8 Å². The molecule has 7 nitrogen and oxygen atoms in total. The molecule has 3 rings (SSSR count). The van der Waals surface area contributed by atoms with Crippen LogP contribution in [-0.4, -0.2) is 60.2 Å². The number of piperazine rings is 1. The highest BCUT2D eigenvalue weighted by atomic mass is 79.9. The fourth-order valence-corrected chi connectivity index (χ4v) is 3.57. The lowest BCUT2D eigenvalue weighted by atomic mass is 10.2. The van der Waals surface area contributed by atoms with Gasteiger partial charge < -0.3 is 19.3 Å². The molecule has 2 heterocycles. The van der Waals surface area contributed by atoms with Crippen molar-refractivity contribution in [1.82, 2.24) is 14.9 Å². The van der Waals surface area contributed by atoms with Crippen LogP contribution in [0.15, 0.2) is 34.9 Å². The van der Waals surface area contributed by atoms with E-state index in [0.717, 1.165) is 4.47 Å². The molecular weight excluding hydrogens is 436 g/mol. The molecule has 0 bridgehead atoms. The Kier molecular flexibility index (Phi) is 6.38. The van der Waals surface area contributed by atoms with Crippen LogP contribution in [0.5, 0.6) is 11.6 Å². The third-order valence-electron chi connectivity index (χ3n) is 4.25. The Morgan fingerprint density at radius 3 is 2.67 bits per heavy atom. The summed E-state index contributed by atoms with van der Waals surface area (Å²) in [6.45, 7) is 4.21. The number of aromatic nitrogens is 2. The number of methoxy groups -OCH3 is 1. The zero-order valence-corrected chi connectivity index (χ0v) is 17.4. The van der Waals surface area contributed by atoms with Crippen molar-refractivity contribution in [1.29, 1.82) is 0 Å². The molecule has 1 aromatic carbocycles. The normalized spacial score (nSPS) is 15.4. The monoisotopic (exact) mass is 454 g/mol. The molecule has 144 valence electrons. The van der Waals surface area contributed by atoms with Gasteiger partial charge in [0.05, 0.1) is 11.6 Å². The second-order valence-electron chi connectivity index (χ2n) is 6.05. The highest BCUT2D eigenvalue weighted by molar-refractivity contribution is 9.10. The lowest BCUT2D eigenvalue weighted by Crippen LogP contribution is -2.52. The van der Waals surface area contributed by atoms with E-state index in [-0.39, 0.29) is 5.91 Å². The molecule has 0 saturated carbocycles. The van der Waals surface area contributed by atoms with Crippen molar-refractivity contribution < 1.29 is 14.3 Å². The third kappa shape index (κ3) is 4.81. The molecule has 1 atom stereocenters. The number of carbonyl (C=O) groups excluding carboxylic acids is 1. The number of hydrogen-bond donors (Lipinski definition) is 0. The number of nitrogens with zero attached hydrogens (tertiary/aromatic N) is 4. The minimum absolute atomic E-state index is 0.0527. The van der Waals surface area contributed by atoms with Crippen molar-refractivity contribution in [3.8, 4) is 11.6 Å². The molecular formula is C18H20BrClN4O3. The highest BCUT2D eigenvalue weighted by Gasteiger charge is 2.27. The van der Waals surface area contributed by atoms with E-state index in [1.165, 1.54) is 0 Å². The lowest BCUT2D eigenvalue weighted by Gasteiger charge is -2.35. The second kappa shape index (κ2) is 8.75. The largest absolute Gasteiger partial charge is 0.481 e. The van der Waals surface area contributed by atoms with Crippen molar-refractivity contribution in [2.45, 2.75) is 13.0 Å². The van der Waals surface area contributed by atoms with Gasteiger partial charge >= 0.3 is 0 Å². The molecule has 1 aliphatic rings. The molecule has 27 heavy (non-hydrogen) atoms. The summed E-state index contributed by atoms with van der Waals surface area (Å²) in [7, 11) is 1.57. The number of halogens is 2. The first-order valence-corrected chi connectivity index (χ1v) is 9.67. The molecule has 1 fully saturated rings. The van der Waals surface area contributed by atoms with Gasteiger partial charge in [0.25, 0.3) is 5.91 Å². The van der Waals surface area contributed by atoms with E-state index in [0.29, 0.717) is 48.8 Å². The van der Waals surface area contributed by atoms with Gasteiger partial charge in [-0.1, -0.05) is 11.6 Å². The van der Waals surface area contributed by atoms with Crippen molar-refractivity contribution in [2.24, 2.45) is 0 Å². The minimum atomic E-state index is -0.595. The van der Waals surface area contributed by atoms with Gasteiger partial charge in [0.1, 0.15) is 5.75 Å². The average molecular weight is 456 g/mol. The quantitative estimate of drug-likeness (QED) is 0.690. The first-order chi connectivity index (χ1) is 13.0. The molecule has 1 unspecified atom stereocenters. The molecule has 0 radical (unpaired) electrons. The number of rotatable bonds is 5. The van der Waals surface area contributed by atoms with Gasteiger partial charge in [-0.25, -0.2) is 4.98 Å². The predicted octanol–water partition coefficient (Wildman–Crippen LogP) is 3.02. The Balaban J connectivity index is 1.57. The maximum atomic E-state index is 12.7. The van der Waals surface area contributed by atoms with Gasteiger partial charge in [0.15, 0.2) is 6.10 Å². The Morgan fingerprint density at radius 2 is 2.00 bits per heavy atom. The van der Waals surface area contributed by atoms with Gasteiger partial charge in [-0.15, -0.1) is 0 Å². The minimum Gasteiger partial charge on any atom is -0.481 e. The van der Waals surface area contributed by atoms with Crippen molar-refractivity contribution in [2.75, 3.05) is 38.2 Å². The fourth-order valence-electron chi connectivity index (χ4n) is 2.79. The van der Waals surface area contributed by atoms with Crippen LogP contribution in [0.1, 0.15) is 6.92 Å². The molecule has 1 saturated heterocycles. The van der Waals surface area contributed by atoms with Gasteiger partial charge in [-0.05, 0) is 41.1 Å². The predicted molar refractivity (Wildman–Crippen MR) is 107 cm³/mol. The Hall–Kier alpha value is -2.06. The highest BCUT2D eigenvalue weighted by Crippen LogP contribution is 2.29. The first-order valence-electron chi connectivity index (χ1n) is 8.50. The van der Waals surface area contributed by atoms with Crippen LogP contribution < -0.4 is 14.4 Å². The maximum absolute atomic E-state index is 12.7. The summed E-state index contributed by atoms with van der Waals surface area (Å²) in [5.41, 5.74) is 0. The summed E-state index contributed by atoms with van der Waals surface area (Å²) < 4.78 is 11.7. The van der Waals surface area contributed by atoms with E-state index in [1.807, 2.05) is 4.90 Å². The summed E-state index contributed by atoms with van der Waals surface area (Å²) in [6, 6.07) is 6.91. The molecule has 0 N–H and O–H groups in total. The molecule has 1 aromatic heterocycles. The number of hydrogen-bond acceptors (Lipinski definition) is 6. The number of carbonyl (C=O) groups is 1. The van der Waals surface area contributed by atoms with Crippen LogP contribution in [0.3, 0.4) is 0 Å². The number of anilines is 1. The van der Waals surface area contributed by atoms with E-state index in [2.05, 4.69) is 25.9 Å². The van der Waals surface area contributed by atoms with E-state index >= 15 is 0 Å². The Labute approximate surface area is 171 Å². The summed E-state index contributed by atoms with van der Waals surface area (Å²) in [5, 5.41) is 0.601. The average Bonchev–Trinajstić information content (AvgIpc) is 2.69. The maximum Gasteiger partial charge on any atom is 0.263 e. The van der Waals surface area contributed by atoms with Crippen molar-refractivity contribution >= 4 is 39.4 Å². The summed E-state index contributed by atoms with van der Waals surface area (Å²) in [5.74, 6) is 1.66. The molecule has 0 spiro atoms. The van der Waals surface area contributed by atoms with Gasteiger partial charge in [-0.3, -0.25) is 4.79 Å². The van der Waals surface area contributed by atoms with Crippen molar-refractivity contribution in [3.05, 3.63) is 40.0 Å². The zero-order valence-electron chi connectivity index (χ0n) is 15.1. The zero-order chi connectivity index (χ0) is 19.4. The van der Waals surface area contributed by atoms with E-state index in [4.69, 9.17) is 21.1 Å². The lowest BCUT2D eigenvalue weighted by molar-refractivity contribution is -0.138. The van der Waals surface area contributed by atoms with Crippen LogP contribution in [0.2, 0.25) is 5.02 Å². The van der Waals surface area contributed by atoms with Crippen LogP contribution >= 0.6 is 27.5 Å². The van der Waals surface area contributed by atoms with Gasteiger partial charge in [-0.2, -0.15) is 4.98 Å². The number of ether oxygens (including phenoxy) is 2. The van der Waals surface area contributed by atoms with Crippen LogP contribution in [-0.2, 0) is 4.79 Å². The molecule has 1 amide bonds. The van der Waals surface area contributed by atoms with Crippen LogP contribution in [0.25, 0.3) is 0 Å². The SMILES string of the molecule is COc1ccnc(N2CCN(C(=O)C(C)Oc3ccc(Cl)cc3Br)CC2)n1. The Morgan fingerprint density at radius 1 is 1.26 bits per heavy atom.